The van der Waals surface area contributed by atoms with Crippen LogP contribution in [0.5, 0.6) is 5.75 Å². The van der Waals surface area contributed by atoms with Gasteiger partial charge in [-0.25, -0.2) is 0 Å². The van der Waals surface area contributed by atoms with Crippen molar-refractivity contribution in [1.29, 1.82) is 0 Å². The molecule has 1 aromatic rings. The molecule has 14 heavy (non-hydrogen) atoms. The van der Waals surface area contributed by atoms with E-state index in [1.807, 2.05) is 26.8 Å². The Labute approximate surface area is 90.1 Å². The third-order valence-electron chi connectivity index (χ3n) is 2.50. The predicted molar refractivity (Wildman–Crippen MR) is 63.1 cm³/mol. The Morgan fingerprint density at radius 2 is 1.86 bits per heavy atom. The molecule has 76 valence electrons. The van der Waals surface area contributed by atoms with Gasteiger partial charge in [-0.05, 0) is 43.5 Å². The summed E-state index contributed by atoms with van der Waals surface area (Å²) in [7, 11) is 1.68. The topological polar surface area (TPSA) is 35.2 Å². The lowest BCUT2D eigenvalue weighted by Gasteiger charge is -2.14. The number of thiocarbonyl (C=S) groups is 1. The highest BCUT2D eigenvalue weighted by Gasteiger charge is 2.11. The highest BCUT2D eigenvalue weighted by molar-refractivity contribution is 7.80. The number of ether oxygens (including phenoxy) is 1. The molecule has 2 nitrogen and oxygen atoms in total. The first kappa shape index (κ1) is 11.0. The maximum Gasteiger partial charge on any atom is 0.124 e. The highest BCUT2D eigenvalue weighted by atomic mass is 32.1. The average molecular weight is 209 g/mol. The second-order valence-corrected chi connectivity index (χ2v) is 3.83. The van der Waals surface area contributed by atoms with Crippen LogP contribution in [0, 0.1) is 20.8 Å². The van der Waals surface area contributed by atoms with Gasteiger partial charge in [-0.3, -0.25) is 0 Å². The number of methoxy groups -OCH3 is 1. The van der Waals surface area contributed by atoms with E-state index >= 15 is 0 Å². The van der Waals surface area contributed by atoms with Crippen LogP contribution in [0.1, 0.15) is 22.3 Å². The van der Waals surface area contributed by atoms with Crippen molar-refractivity contribution >= 4 is 17.2 Å². The molecule has 0 spiro atoms. The normalized spacial score (nSPS) is 10.0. The van der Waals surface area contributed by atoms with Gasteiger partial charge in [0.25, 0.3) is 0 Å². The van der Waals surface area contributed by atoms with Crippen molar-refractivity contribution in [2.75, 3.05) is 7.11 Å². The van der Waals surface area contributed by atoms with Crippen LogP contribution in [-0.4, -0.2) is 12.1 Å². The van der Waals surface area contributed by atoms with Crippen LogP contribution in [0.2, 0.25) is 0 Å². The lowest BCUT2D eigenvalue weighted by molar-refractivity contribution is 0.408. The first-order valence-electron chi connectivity index (χ1n) is 4.43. The Hall–Kier alpha value is -1.09. The molecule has 2 N–H and O–H groups in total. The van der Waals surface area contributed by atoms with Gasteiger partial charge in [-0.1, -0.05) is 12.2 Å². The molecule has 0 saturated carbocycles. The van der Waals surface area contributed by atoms with E-state index in [-0.39, 0.29) is 0 Å². The van der Waals surface area contributed by atoms with Gasteiger partial charge in [-0.15, -0.1) is 0 Å². The molecule has 0 unspecified atom stereocenters. The number of aryl methyl sites for hydroxylation is 1. The fourth-order valence-electron chi connectivity index (χ4n) is 1.63. The van der Waals surface area contributed by atoms with Crippen LogP contribution in [-0.2, 0) is 0 Å². The lowest BCUT2D eigenvalue weighted by atomic mass is 9.99. The van der Waals surface area contributed by atoms with Crippen LogP contribution < -0.4 is 10.5 Å². The third-order valence-corrected chi connectivity index (χ3v) is 2.72. The molecular formula is C11H15NOS. The largest absolute Gasteiger partial charge is 0.496 e. The zero-order valence-electron chi connectivity index (χ0n) is 8.97. The summed E-state index contributed by atoms with van der Waals surface area (Å²) in [5, 5.41) is 0. The number of nitrogens with two attached hydrogens (primary N) is 1. The molecule has 0 radical (unpaired) electrons. The number of hydrogen-bond acceptors (Lipinski definition) is 2. The molecule has 1 rings (SSSR count). The lowest BCUT2D eigenvalue weighted by Crippen LogP contribution is -2.13. The van der Waals surface area contributed by atoms with Gasteiger partial charge in [0, 0.05) is 5.56 Å². The molecule has 0 atom stereocenters. The summed E-state index contributed by atoms with van der Waals surface area (Å²) >= 11 is 4.99. The minimum atomic E-state index is 0.441. The minimum absolute atomic E-state index is 0.441. The number of benzene rings is 1. The van der Waals surface area contributed by atoms with Crippen LogP contribution in [0.25, 0.3) is 0 Å². The SMILES string of the molecule is COc1c(C)cc(C(N)=S)c(C)c1C. The fourth-order valence-corrected chi connectivity index (χ4v) is 1.84. The van der Waals surface area contributed by atoms with E-state index in [1.165, 1.54) is 0 Å². The zero-order valence-corrected chi connectivity index (χ0v) is 9.79. The Kier molecular flexibility index (Phi) is 3.11. The van der Waals surface area contributed by atoms with Crippen LogP contribution in [0.3, 0.4) is 0 Å². The van der Waals surface area contributed by atoms with Crippen molar-refractivity contribution < 1.29 is 4.74 Å². The van der Waals surface area contributed by atoms with Crippen molar-refractivity contribution in [3.8, 4) is 5.75 Å². The summed E-state index contributed by atoms with van der Waals surface area (Å²) in [6.07, 6.45) is 0. The van der Waals surface area contributed by atoms with Crippen molar-refractivity contribution in [2.24, 2.45) is 5.73 Å². The molecule has 0 bridgehead atoms. The van der Waals surface area contributed by atoms with Crippen molar-refractivity contribution in [3.05, 3.63) is 28.3 Å². The van der Waals surface area contributed by atoms with Gasteiger partial charge in [0.2, 0.25) is 0 Å². The van der Waals surface area contributed by atoms with E-state index < -0.39 is 0 Å². The number of rotatable bonds is 2. The molecule has 1 aromatic carbocycles. The van der Waals surface area contributed by atoms with E-state index in [9.17, 15) is 0 Å². The molecular weight excluding hydrogens is 194 g/mol. The van der Waals surface area contributed by atoms with E-state index in [2.05, 4.69) is 0 Å². The Balaban J connectivity index is 3.47. The monoisotopic (exact) mass is 209 g/mol. The molecule has 0 fully saturated rings. The van der Waals surface area contributed by atoms with E-state index in [4.69, 9.17) is 22.7 Å². The first-order valence-corrected chi connectivity index (χ1v) is 4.84. The van der Waals surface area contributed by atoms with Gasteiger partial charge in [0.1, 0.15) is 10.7 Å². The van der Waals surface area contributed by atoms with Gasteiger partial charge >= 0.3 is 0 Å². The smallest absolute Gasteiger partial charge is 0.124 e. The first-order chi connectivity index (χ1) is 6.49. The molecule has 0 aromatic heterocycles. The molecule has 0 heterocycles. The van der Waals surface area contributed by atoms with Crippen LogP contribution in [0.4, 0.5) is 0 Å². The average Bonchev–Trinajstić information content (AvgIpc) is 2.12. The molecule has 0 aliphatic carbocycles. The standard InChI is InChI=1S/C11H15NOS/c1-6-5-9(11(12)14)7(2)8(3)10(6)13-4/h5H,1-4H3,(H2,12,14). The van der Waals surface area contributed by atoms with E-state index in [1.54, 1.807) is 7.11 Å². The Morgan fingerprint density at radius 3 is 2.29 bits per heavy atom. The maximum atomic E-state index is 5.63. The van der Waals surface area contributed by atoms with Crippen LogP contribution in [0.15, 0.2) is 6.07 Å². The molecule has 0 saturated heterocycles. The summed E-state index contributed by atoms with van der Waals surface area (Å²) < 4.78 is 5.31. The predicted octanol–water partition coefficient (Wildman–Crippen LogP) is 2.25. The molecule has 0 aliphatic rings. The summed E-state index contributed by atoms with van der Waals surface area (Å²) in [4.78, 5) is 0.441. The summed E-state index contributed by atoms with van der Waals surface area (Å²) in [5.41, 5.74) is 9.85. The van der Waals surface area contributed by atoms with Gasteiger partial charge in [0.05, 0.1) is 7.11 Å². The Bertz CT molecular complexity index is 385. The van der Waals surface area contributed by atoms with Crippen molar-refractivity contribution in [2.45, 2.75) is 20.8 Å². The second-order valence-electron chi connectivity index (χ2n) is 3.39. The van der Waals surface area contributed by atoms with E-state index in [0.717, 1.165) is 28.0 Å². The second kappa shape index (κ2) is 3.96. The minimum Gasteiger partial charge on any atom is -0.496 e. The third kappa shape index (κ3) is 1.73. The fraction of sp³-hybridized carbons (Fsp3) is 0.364. The van der Waals surface area contributed by atoms with Gasteiger partial charge in [0.15, 0.2) is 0 Å². The van der Waals surface area contributed by atoms with Crippen LogP contribution >= 0.6 is 12.2 Å². The van der Waals surface area contributed by atoms with Crippen molar-refractivity contribution in [3.63, 3.8) is 0 Å². The molecule has 0 aliphatic heterocycles. The van der Waals surface area contributed by atoms with Crippen molar-refractivity contribution in [1.82, 2.24) is 0 Å². The van der Waals surface area contributed by atoms with Gasteiger partial charge in [-0.2, -0.15) is 0 Å². The highest BCUT2D eigenvalue weighted by Crippen LogP contribution is 2.28. The molecule has 3 heteroatoms. The summed E-state index contributed by atoms with van der Waals surface area (Å²) in [6, 6.07) is 1.98. The summed E-state index contributed by atoms with van der Waals surface area (Å²) in [6.45, 7) is 6.02. The molecule has 0 amide bonds. The Morgan fingerprint density at radius 1 is 1.29 bits per heavy atom. The van der Waals surface area contributed by atoms with Gasteiger partial charge < -0.3 is 10.5 Å². The number of hydrogen-bond donors (Lipinski definition) is 1. The zero-order chi connectivity index (χ0) is 10.9. The quantitative estimate of drug-likeness (QED) is 0.759. The maximum absolute atomic E-state index is 5.63. The summed E-state index contributed by atoms with van der Waals surface area (Å²) in [5.74, 6) is 0.919. The van der Waals surface area contributed by atoms with E-state index in [0.29, 0.717) is 4.99 Å².